The first-order valence-corrected chi connectivity index (χ1v) is 7.39. The summed E-state index contributed by atoms with van der Waals surface area (Å²) in [6.45, 7) is 15.5. The van der Waals surface area contributed by atoms with Crippen molar-refractivity contribution in [1.29, 1.82) is 0 Å². The van der Waals surface area contributed by atoms with E-state index in [4.69, 9.17) is 10.2 Å². The molecule has 0 aliphatic heterocycles. The van der Waals surface area contributed by atoms with E-state index >= 15 is 0 Å². The van der Waals surface area contributed by atoms with Crippen LogP contribution in [0.15, 0.2) is 0 Å². The van der Waals surface area contributed by atoms with Crippen molar-refractivity contribution in [2.75, 3.05) is 27.4 Å². The number of rotatable bonds is 6. The summed E-state index contributed by atoms with van der Waals surface area (Å²) in [6.07, 6.45) is 0.949. The molecule has 0 bridgehead atoms. The van der Waals surface area contributed by atoms with E-state index in [9.17, 15) is 0 Å². The molecule has 0 rings (SSSR count). The smallest absolute Gasteiger partial charge is 0.0773 e. The highest BCUT2D eigenvalue weighted by Crippen LogP contribution is 2.28. The third-order valence-corrected chi connectivity index (χ3v) is 3.54. The monoisotopic (exact) mass is 326 g/mol. The Morgan fingerprint density at radius 1 is 1.00 bits per heavy atom. The highest BCUT2D eigenvalue weighted by atomic mass is 16.5. The average molecular weight is 327 g/mol. The van der Waals surface area contributed by atoms with Crippen LogP contribution < -0.4 is 0 Å². The van der Waals surface area contributed by atoms with Gasteiger partial charge < -0.3 is 19.7 Å². The zero-order valence-corrected chi connectivity index (χ0v) is 15.1. The molecule has 0 aliphatic rings. The van der Waals surface area contributed by atoms with Crippen LogP contribution in [-0.2, 0) is 9.47 Å². The van der Waals surface area contributed by atoms with Crippen LogP contribution in [0.3, 0.4) is 0 Å². The van der Waals surface area contributed by atoms with E-state index in [0.29, 0.717) is 12.0 Å². The van der Waals surface area contributed by atoms with Gasteiger partial charge in [0.15, 0.2) is 0 Å². The van der Waals surface area contributed by atoms with Crippen LogP contribution in [-0.4, -0.2) is 49.9 Å². The molecule has 22 heavy (non-hydrogen) atoms. The summed E-state index contributed by atoms with van der Waals surface area (Å²) in [5, 5.41) is 16.6. The summed E-state index contributed by atoms with van der Waals surface area (Å²) in [6, 6.07) is 0. The van der Waals surface area contributed by atoms with Gasteiger partial charge >= 0.3 is 0 Å². The molecular formula is C18H46O4. The third kappa shape index (κ3) is 28.1. The molecule has 0 spiro atoms. The first kappa shape index (κ1) is 33.4. The molecule has 0 aromatic rings. The van der Waals surface area contributed by atoms with Gasteiger partial charge in [0, 0.05) is 14.2 Å². The summed E-state index contributed by atoms with van der Waals surface area (Å²) >= 11 is 0. The number of hydrogen-bond donors (Lipinski definition) is 2. The Bertz CT molecular complexity index is 176. The third-order valence-electron chi connectivity index (χ3n) is 3.54. The van der Waals surface area contributed by atoms with Crippen molar-refractivity contribution >= 4 is 0 Å². The predicted octanol–water partition coefficient (Wildman–Crippen LogP) is 4.38. The highest BCUT2D eigenvalue weighted by molar-refractivity contribution is 4.69. The molecule has 0 aliphatic carbocycles. The minimum Gasteiger partial charge on any atom is -0.394 e. The van der Waals surface area contributed by atoms with Crippen molar-refractivity contribution in [3.8, 4) is 0 Å². The first-order chi connectivity index (χ1) is 9.08. The van der Waals surface area contributed by atoms with Gasteiger partial charge in [0.1, 0.15) is 0 Å². The molecule has 0 amide bonds. The SMILES string of the molecule is C.C.CCC(C)(C)C(C)C.COC(C)CO.COCC(C)O. The first-order valence-electron chi connectivity index (χ1n) is 7.39. The maximum Gasteiger partial charge on any atom is 0.0773 e. The normalized spacial score (nSPS) is 12.5. The van der Waals surface area contributed by atoms with Gasteiger partial charge in [-0.3, -0.25) is 0 Å². The van der Waals surface area contributed by atoms with Crippen molar-refractivity contribution in [3.63, 3.8) is 0 Å². The molecule has 142 valence electrons. The maximum atomic E-state index is 8.43. The van der Waals surface area contributed by atoms with Crippen LogP contribution in [0.1, 0.15) is 69.7 Å². The number of methoxy groups -OCH3 is 2. The van der Waals surface area contributed by atoms with Crippen molar-refractivity contribution in [2.45, 2.75) is 81.9 Å². The van der Waals surface area contributed by atoms with Crippen LogP contribution in [0.5, 0.6) is 0 Å². The quantitative estimate of drug-likeness (QED) is 0.760. The second-order valence-corrected chi connectivity index (χ2v) is 6.03. The standard InChI is InChI=1S/C8H18.2C4H10O2.2CH4/c1-6-8(4,5)7(2)3;1-4(5)3-6-2;1-4(3-5)6-2;;/h7H,6H2,1-5H3;2*4-5H,3H2,1-2H3;2*1H4. The summed E-state index contributed by atoms with van der Waals surface area (Å²) in [7, 11) is 3.13. The predicted molar refractivity (Wildman–Crippen MR) is 99.5 cm³/mol. The Balaban J connectivity index is -0.0000000637. The van der Waals surface area contributed by atoms with E-state index in [-0.39, 0.29) is 33.7 Å². The average Bonchev–Trinajstić information content (AvgIpc) is 2.38. The molecule has 0 heterocycles. The molecule has 0 fully saturated rings. The Labute approximate surface area is 141 Å². The fourth-order valence-corrected chi connectivity index (χ4v) is 0.724. The molecule has 0 saturated heterocycles. The van der Waals surface area contributed by atoms with E-state index in [1.54, 1.807) is 28.1 Å². The van der Waals surface area contributed by atoms with Crippen LogP contribution in [0.25, 0.3) is 0 Å². The minimum atomic E-state index is -0.324. The fraction of sp³-hybridized carbons (Fsp3) is 1.00. The lowest BCUT2D eigenvalue weighted by Gasteiger charge is -2.27. The second-order valence-electron chi connectivity index (χ2n) is 6.03. The molecule has 0 aromatic heterocycles. The number of hydrogen-bond acceptors (Lipinski definition) is 4. The zero-order chi connectivity index (χ0) is 16.8. The van der Waals surface area contributed by atoms with Crippen LogP contribution in [0.4, 0.5) is 0 Å². The zero-order valence-electron chi connectivity index (χ0n) is 15.1. The summed E-state index contributed by atoms with van der Waals surface area (Å²) in [5.41, 5.74) is 0.542. The van der Waals surface area contributed by atoms with Gasteiger partial charge in [-0.25, -0.2) is 0 Å². The Hall–Kier alpha value is -0.160. The Morgan fingerprint density at radius 2 is 1.41 bits per heavy atom. The second kappa shape index (κ2) is 20.8. The van der Waals surface area contributed by atoms with Gasteiger partial charge in [0.25, 0.3) is 0 Å². The summed E-state index contributed by atoms with van der Waals surface area (Å²) in [4.78, 5) is 0. The van der Waals surface area contributed by atoms with Gasteiger partial charge in [-0.1, -0.05) is 55.9 Å². The molecule has 0 radical (unpaired) electrons. The largest absolute Gasteiger partial charge is 0.394 e. The van der Waals surface area contributed by atoms with Crippen LogP contribution in [0, 0.1) is 11.3 Å². The molecular weight excluding hydrogens is 280 g/mol. The maximum absolute atomic E-state index is 8.43. The van der Waals surface area contributed by atoms with E-state index in [1.165, 1.54) is 6.42 Å². The molecule has 4 heteroatoms. The van der Waals surface area contributed by atoms with Gasteiger partial charge in [-0.15, -0.1) is 0 Å². The van der Waals surface area contributed by atoms with E-state index < -0.39 is 0 Å². The van der Waals surface area contributed by atoms with Crippen molar-refractivity contribution in [3.05, 3.63) is 0 Å². The van der Waals surface area contributed by atoms with Gasteiger partial charge in [-0.05, 0) is 25.2 Å². The number of aliphatic hydroxyl groups excluding tert-OH is 2. The topological polar surface area (TPSA) is 58.9 Å². The van der Waals surface area contributed by atoms with Crippen LogP contribution >= 0.6 is 0 Å². The molecule has 4 nitrogen and oxygen atoms in total. The number of ether oxygens (including phenoxy) is 2. The van der Waals surface area contributed by atoms with E-state index in [0.717, 1.165) is 5.92 Å². The van der Waals surface area contributed by atoms with Crippen molar-refractivity contribution < 1.29 is 19.7 Å². The van der Waals surface area contributed by atoms with Crippen molar-refractivity contribution in [1.82, 2.24) is 0 Å². The lowest BCUT2D eigenvalue weighted by atomic mass is 9.79. The summed E-state index contributed by atoms with van der Waals surface area (Å²) < 4.78 is 9.20. The molecule has 0 saturated carbocycles. The van der Waals surface area contributed by atoms with Gasteiger partial charge in [0.2, 0.25) is 0 Å². The molecule has 2 unspecified atom stereocenters. The lowest BCUT2D eigenvalue weighted by Crippen LogP contribution is -2.17. The molecule has 2 atom stereocenters. The van der Waals surface area contributed by atoms with Gasteiger partial charge in [-0.2, -0.15) is 0 Å². The molecule has 0 aromatic carbocycles. The van der Waals surface area contributed by atoms with Gasteiger partial charge in [0.05, 0.1) is 25.4 Å². The Morgan fingerprint density at radius 3 is 1.41 bits per heavy atom. The highest BCUT2D eigenvalue weighted by Gasteiger charge is 2.18. The Kier molecular flexibility index (Phi) is 31.7. The van der Waals surface area contributed by atoms with E-state index in [1.807, 2.05) is 0 Å². The number of aliphatic hydroxyl groups is 2. The van der Waals surface area contributed by atoms with Crippen molar-refractivity contribution in [2.24, 2.45) is 11.3 Å². The minimum absolute atomic E-state index is 0. The molecule has 2 N–H and O–H groups in total. The lowest BCUT2D eigenvalue weighted by molar-refractivity contribution is 0.0623. The van der Waals surface area contributed by atoms with Crippen LogP contribution in [0.2, 0.25) is 0 Å². The van der Waals surface area contributed by atoms with E-state index in [2.05, 4.69) is 44.1 Å². The fourth-order valence-electron chi connectivity index (χ4n) is 0.724. The summed E-state index contributed by atoms with van der Waals surface area (Å²) in [5.74, 6) is 0.812.